The standard InChI is InChI=1S/C46H90O2/c1-3-5-7-9-11-13-15-16-17-18-19-20-21-22-23-24-25-26-27-28-29-30-31-32-33-35-37-39-41-43-45-48-46(47)44-42-40-38-36-34-14-12-10-8-6-4-2/h10,12H,3-9,11,13-45H2,1-2H3/b12-10-. The Kier molecular flexibility index (Phi) is 43.5. The van der Waals surface area contributed by atoms with Gasteiger partial charge in [-0.1, -0.05) is 244 Å². The molecule has 0 atom stereocenters. The third-order valence-electron chi connectivity index (χ3n) is 10.4. The van der Waals surface area contributed by atoms with Crippen LogP contribution in [-0.2, 0) is 9.53 Å². The van der Waals surface area contributed by atoms with Crippen LogP contribution in [0.25, 0.3) is 0 Å². The van der Waals surface area contributed by atoms with Crippen molar-refractivity contribution >= 4 is 5.97 Å². The van der Waals surface area contributed by atoms with Crippen molar-refractivity contribution in [2.45, 2.75) is 271 Å². The molecule has 0 aliphatic carbocycles. The molecule has 0 fully saturated rings. The van der Waals surface area contributed by atoms with E-state index in [0.717, 1.165) is 19.3 Å². The molecule has 286 valence electrons. The first-order chi connectivity index (χ1) is 23.8. The van der Waals surface area contributed by atoms with Gasteiger partial charge in [-0.2, -0.15) is 0 Å². The van der Waals surface area contributed by atoms with Crippen LogP contribution in [0.3, 0.4) is 0 Å². The minimum atomic E-state index is 0.0178. The molecule has 0 saturated carbocycles. The number of unbranched alkanes of at least 4 members (excludes halogenated alkanes) is 36. The number of ether oxygens (including phenoxy) is 1. The van der Waals surface area contributed by atoms with E-state index in [4.69, 9.17) is 4.74 Å². The Morgan fingerprint density at radius 2 is 0.604 bits per heavy atom. The molecule has 0 aliphatic heterocycles. The summed E-state index contributed by atoms with van der Waals surface area (Å²) in [4.78, 5) is 11.9. The number of rotatable bonds is 42. The Labute approximate surface area is 304 Å². The predicted octanol–water partition coefficient (Wildman–Crippen LogP) is 16.7. The Balaban J connectivity index is 3.13. The van der Waals surface area contributed by atoms with Crippen LogP contribution in [0.15, 0.2) is 12.2 Å². The van der Waals surface area contributed by atoms with E-state index < -0.39 is 0 Å². The summed E-state index contributed by atoms with van der Waals surface area (Å²) in [6.45, 7) is 5.18. The number of carbonyl (C=O) groups is 1. The number of hydrogen-bond acceptors (Lipinski definition) is 2. The molecule has 0 amide bonds. The summed E-state index contributed by atoms with van der Waals surface area (Å²) in [6.07, 6.45) is 59.1. The van der Waals surface area contributed by atoms with Crippen LogP contribution in [0.5, 0.6) is 0 Å². The molecule has 0 unspecified atom stereocenters. The Morgan fingerprint density at radius 3 is 0.958 bits per heavy atom. The molecule has 0 saturated heterocycles. The van der Waals surface area contributed by atoms with Gasteiger partial charge in [-0.3, -0.25) is 4.79 Å². The van der Waals surface area contributed by atoms with Crippen LogP contribution in [0.2, 0.25) is 0 Å². The van der Waals surface area contributed by atoms with Crippen molar-refractivity contribution < 1.29 is 9.53 Å². The van der Waals surface area contributed by atoms with Gasteiger partial charge >= 0.3 is 5.97 Å². The first kappa shape index (κ1) is 47.2. The van der Waals surface area contributed by atoms with E-state index >= 15 is 0 Å². The van der Waals surface area contributed by atoms with E-state index in [0.29, 0.717) is 13.0 Å². The van der Waals surface area contributed by atoms with E-state index in [2.05, 4.69) is 26.0 Å². The van der Waals surface area contributed by atoms with Crippen molar-refractivity contribution in [2.75, 3.05) is 6.61 Å². The average Bonchev–Trinajstić information content (AvgIpc) is 3.09. The van der Waals surface area contributed by atoms with E-state index in [9.17, 15) is 4.79 Å². The second-order valence-corrected chi connectivity index (χ2v) is 15.4. The summed E-state index contributed by atoms with van der Waals surface area (Å²) in [5, 5.41) is 0. The highest BCUT2D eigenvalue weighted by atomic mass is 16.5. The average molecular weight is 675 g/mol. The fourth-order valence-electron chi connectivity index (χ4n) is 7.00. The lowest BCUT2D eigenvalue weighted by atomic mass is 10.0. The summed E-state index contributed by atoms with van der Waals surface area (Å²) >= 11 is 0. The van der Waals surface area contributed by atoms with Gasteiger partial charge in [-0.15, -0.1) is 0 Å². The van der Waals surface area contributed by atoms with Gasteiger partial charge < -0.3 is 4.74 Å². The minimum Gasteiger partial charge on any atom is -0.466 e. The van der Waals surface area contributed by atoms with Gasteiger partial charge in [0.2, 0.25) is 0 Å². The van der Waals surface area contributed by atoms with Gasteiger partial charge in [0, 0.05) is 6.42 Å². The van der Waals surface area contributed by atoms with Crippen LogP contribution in [0.1, 0.15) is 271 Å². The molecule has 0 bridgehead atoms. The number of carbonyl (C=O) groups excluding carboxylic acids is 1. The lowest BCUT2D eigenvalue weighted by Gasteiger charge is -2.06. The monoisotopic (exact) mass is 675 g/mol. The molecule has 48 heavy (non-hydrogen) atoms. The zero-order chi connectivity index (χ0) is 34.7. The molecule has 0 N–H and O–H groups in total. The van der Waals surface area contributed by atoms with Crippen molar-refractivity contribution in [2.24, 2.45) is 0 Å². The Morgan fingerprint density at radius 1 is 0.333 bits per heavy atom. The van der Waals surface area contributed by atoms with Gasteiger partial charge in [0.1, 0.15) is 0 Å². The number of allylic oxidation sites excluding steroid dienone is 2. The van der Waals surface area contributed by atoms with Crippen LogP contribution in [0.4, 0.5) is 0 Å². The molecule has 0 aromatic heterocycles. The lowest BCUT2D eigenvalue weighted by Crippen LogP contribution is -2.05. The highest BCUT2D eigenvalue weighted by Crippen LogP contribution is 2.17. The lowest BCUT2D eigenvalue weighted by molar-refractivity contribution is -0.143. The summed E-state index contributed by atoms with van der Waals surface area (Å²) in [5.41, 5.74) is 0. The van der Waals surface area contributed by atoms with Crippen LogP contribution >= 0.6 is 0 Å². The highest BCUT2D eigenvalue weighted by Gasteiger charge is 2.03. The van der Waals surface area contributed by atoms with Crippen LogP contribution in [0, 0.1) is 0 Å². The van der Waals surface area contributed by atoms with Crippen molar-refractivity contribution in [3.8, 4) is 0 Å². The van der Waals surface area contributed by atoms with Gasteiger partial charge in [0.05, 0.1) is 6.61 Å². The number of esters is 1. The van der Waals surface area contributed by atoms with Gasteiger partial charge in [-0.25, -0.2) is 0 Å². The fourth-order valence-corrected chi connectivity index (χ4v) is 7.00. The molecule has 2 nitrogen and oxygen atoms in total. The molecule has 0 aromatic carbocycles. The van der Waals surface area contributed by atoms with Crippen LogP contribution < -0.4 is 0 Å². The summed E-state index contributed by atoms with van der Waals surface area (Å²) in [5.74, 6) is 0.0178. The molecule has 0 aliphatic rings. The second kappa shape index (κ2) is 44.2. The van der Waals surface area contributed by atoms with Gasteiger partial charge in [0.15, 0.2) is 0 Å². The molecule has 0 spiro atoms. The normalized spacial score (nSPS) is 11.6. The van der Waals surface area contributed by atoms with Crippen molar-refractivity contribution in [1.29, 1.82) is 0 Å². The maximum Gasteiger partial charge on any atom is 0.305 e. The zero-order valence-corrected chi connectivity index (χ0v) is 33.5. The summed E-state index contributed by atoms with van der Waals surface area (Å²) < 4.78 is 5.45. The molecule has 0 rings (SSSR count). The van der Waals surface area contributed by atoms with E-state index in [1.165, 1.54) is 231 Å². The molecule has 0 aromatic rings. The third kappa shape index (κ3) is 43.2. The smallest absolute Gasteiger partial charge is 0.305 e. The molecule has 0 heterocycles. The molecular weight excluding hydrogens is 585 g/mol. The van der Waals surface area contributed by atoms with E-state index in [-0.39, 0.29) is 5.97 Å². The fraction of sp³-hybridized carbons (Fsp3) is 0.935. The van der Waals surface area contributed by atoms with Gasteiger partial charge in [0.25, 0.3) is 0 Å². The van der Waals surface area contributed by atoms with Crippen LogP contribution in [-0.4, -0.2) is 12.6 Å². The maximum atomic E-state index is 11.9. The highest BCUT2D eigenvalue weighted by molar-refractivity contribution is 5.69. The predicted molar refractivity (Wildman–Crippen MR) is 216 cm³/mol. The van der Waals surface area contributed by atoms with Crippen molar-refractivity contribution in [3.63, 3.8) is 0 Å². The molecular formula is C46H90O2. The van der Waals surface area contributed by atoms with Gasteiger partial charge in [-0.05, 0) is 32.1 Å². The first-order valence-electron chi connectivity index (χ1n) is 22.6. The third-order valence-corrected chi connectivity index (χ3v) is 10.4. The number of hydrogen-bond donors (Lipinski definition) is 0. The molecule has 0 radical (unpaired) electrons. The topological polar surface area (TPSA) is 26.3 Å². The summed E-state index contributed by atoms with van der Waals surface area (Å²) in [7, 11) is 0. The first-order valence-corrected chi connectivity index (χ1v) is 22.6. The maximum absolute atomic E-state index is 11.9. The Hall–Kier alpha value is -0.790. The SMILES string of the molecule is CCCC/C=C\CCCCCCCC(=O)OCCCCCCCCCCCCCCCCCCCCCCCCCCCCCCCC. The second-order valence-electron chi connectivity index (χ2n) is 15.4. The van der Waals surface area contributed by atoms with E-state index in [1.807, 2.05) is 0 Å². The Bertz CT molecular complexity index is 611. The molecule has 2 heteroatoms. The van der Waals surface area contributed by atoms with Crippen molar-refractivity contribution in [3.05, 3.63) is 12.2 Å². The van der Waals surface area contributed by atoms with Crippen molar-refractivity contribution in [1.82, 2.24) is 0 Å². The largest absolute Gasteiger partial charge is 0.466 e. The van der Waals surface area contributed by atoms with E-state index in [1.54, 1.807) is 0 Å². The minimum absolute atomic E-state index is 0.0178. The quantitative estimate of drug-likeness (QED) is 0.0366. The zero-order valence-electron chi connectivity index (χ0n) is 33.5. The summed E-state index contributed by atoms with van der Waals surface area (Å²) in [6, 6.07) is 0.